The molecule has 0 bridgehead atoms. The van der Waals surface area contributed by atoms with Crippen LogP contribution in [0.25, 0.3) is 10.2 Å². The third kappa shape index (κ3) is 5.45. The molecule has 2 fully saturated rings. The smallest absolute Gasteiger partial charge is 0.259 e. The average Bonchev–Trinajstić information content (AvgIpc) is 3.21. The SMILES string of the molecule is Cc1c(C(N)=O)sc2ncnc(Nc3ccc(F)cc3OC3CCC(NC4CCN(C)CC4)CC3)c12. The van der Waals surface area contributed by atoms with E-state index in [1.54, 1.807) is 6.07 Å². The minimum absolute atomic E-state index is 0.0256. The fraction of sp³-hybridized carbons (Fsp3) is 0.500. The molecule has 0 unspecified atom stereocenters. The number of benzene rings is 1. The van der Waals surface area contributed by atoms with E-state index in [1.807, 2.05) is 6.92 Å². The van der Waals surface area contributed by atoms with E-state index >= 15 is 0 Å². The van der Waals surface area contributed by atoms with Gasteiger partial charge in [0.2, 0.25) is 0 Å². The molecule has 10 heteroatoms. The Bertz CT molecular complexity index is 1230. The number of hydrogen-bond donors (Lipinski definition) is 3. The van der Waals surface area contributed by atoms with Crippen LogP contribution in [0.2, 0.25) is 0 Å². The zero-order valence-electron chi connectivity index (χ0n) is 20.7. The summed E-state index contributed by atoms with van der Waals surface area (Å²) in [7, 11) is 2.18. The van der Waals surface area contributed by atoms with Crippen molar-refractivity contribution in [3.8, 4) is 5.75 Å². The number of aryl methyl sites for hydroxylation is 1. The third-order valence-electron chi connectivity index (χ3n) is 7.31. The van der Waals surface area contributed by atoms with Crippen molar-refractivity contribution < 1.29 is 13.9 Å². The van der Waals surface area contributed by atoms with Crippen LogP contribution >= 0.6 is 11.3 Å². The second-order valence-electron chi connectivity index (χ2n) is 9.92. The molecule has 3 heterocycles. The van der Waals surface area contributed by atoms with Crippen molar-refractivity contribution in [2.75, 3.05) is 25.5 Å². The van der Waals surface area contributed by atoms with Crippen molar-refractivity contribution in [3.63, 3.8) is 0 Å². The number of ether oxygens (including phenoxy) is 1. The maximum Gasteiger partial charge on any atom is 0.259 e. The molecule has 1 saturated carbocycles. The Balaban J connectivity index is 1.27. The number of thiophene rings is 1. The number of aromatic nitrogens is 2. The number of rotatable bonds is 7. The summed E-state index contributed by atoms with van der Waals surface area (Å²) in [5.74, 6) is 0.136. The van der Waals surface area contributed by atoms with E-state index in [1.165, 1.54) is 42.6 Å². The molecule has 3 aromatic rings. The van der Waals surface area contributed by atoms with Crippen molar-refractivity contribution in [2.24, 2.45) is 5.73 Å². The second kappa shape index (κ2) is 10.7. The number of primary amides is 1. The number of carbonyl (C=O) groups excluding carboxylic acids is 1. The Morgan fingerprint density at radius 2 is 1.86 bits per heavy atom. The van der Waals surface area contributed by atoms with Gasteiger partial charge in [0.25, 0.3) is 5.91 Å². The maximum absolute atomic E-state index is 14.2. The van der Waals surface area contributed by atoms with Crippen LogP contribution in [0, 0.1) is 12.7 Å². The molecule has 0 spiro atoms. The first-order valence-electron chi connectivity index (χ1n) is 12.6. The highest BCUT2D eigenvalue weighted by Crippen LogP contribution is 2.37. The van der Waals surface area contributed by atoms with Crippen molar-refractivity contribution in [2.45, 2.75) is 63.6 Å². The summed E-state index contributed by atoms with van der Waals surface area (Å²) in [5.41, 5.74) is 6.88. The zero-order chi connectivity index (χ0) is 25.2. The highest BCUT2D eigenvalue weighted by Gasteiger charge is 2.26. The molecular weight excluding hydrogens is 479 g/mol. The minimum Gasteiger partial charge on any atom is -0.488 e. The number of carbonyl (C=O) groups is 1. The van der Waals surface area contributed by atoms with Gasteiger partial charge in [0.15, 0.2) is 0 Å². The van der Waals surface area contributed by atoms with Crippen molar-refractivity contribution in [1.82, 2.24) is 20.2 Å². The number of likely N-dealkylation sites (tertiary alicyclic amines) is 1. The maximum atomic E-state index is 14.2. The van der Waals surface area contributed by atoms with E-state index in [9.17, 15) is 9.18 Å². The molecule has 5 rings (SSSR count). The Morgan fingerprint density at radius 1 is 1.14 bits per heavy atom. The summed E-state index contributed by atoms with van der Waals surface area (Å²) in [4.78, 5) is 24.0. The summed E-state index contributed by atoms with van der Waals surface area (Å²) in [5, 5.41) is 7.86. The summed E-state index contributed by atoms with van der Waals surface area (Å²) in [6.45, 7) is 4.13. The molecule has 2 aliphatic rings. The summed E-state index contributed by atoms with van der Waals surface area (Å²) < 4.78 is 20.5. The fourth-order valence-electron chi connectivity index (χ4n) is 5.26. The molecule has 1 aliphatic carbocycles. The molecular formula is C26H33FN6O2S. The van der Waals surface area contributed by atoms with E-state index < -0.39 is 5.91 Å². The molecule has 1 aromatic carbocycles. The molecule has 8 nitrogen and oxygen atoms in total. The topological polar surface area (TPSA) is 105 Å². The first-order valence-corrected chi connectivity index (χ1v) is 13.4. The normalized spacial score (nSPS) is 21.5. The molecule has 1 aliphatic heterocycles. The van der Waals surface area contributed by atoms with Crippen LogP contribution in [0.1, 0.15) is 53.8 Å². The van der Waals surface area contributed by atoms with Gasteiger partial charge < -0.3 is 26.0 Å². The Morgan fingerprint density at radius 3 is 2.58 bits per heavy atom. The van der Waals surface area contributed by atoms with E-state index in [0.29, 0.717) is 39.0 Å². The lowest BCUT2D eigenvalue weighted by molar-refractivity contribution is 0.100. The first-order chi connectivity index (χ1) is 17.4. The number of amides is 1. The van der Waals surface area contributed by atoms with Gasteiger partial charge in [-0.15, -0.1) is 11.3 Å². The quantitative estimate of drug-likeness (QED) is 0.432. The van der Waals surface area contributed by atoms with E-state index in [-0.39, 0.29) is 11.9 Å². The predicted molar refractivity (Wildman–Crippen MR) is 141 cm³/mol. The van der Waals surface area contributed by atoms with Gasteiger partial charge in [-0.1, -0.05) is 0 Å². The minimum atomic E-state index is -0.492. The molecule has 0 radical (unpaired) electrons. The van der Waals surface area contributed by atoms with Gasteiger partial charge in [-0.25, -0.2) is 14.4 Å². The molecule has 0 atom stereocenters. The third-order valence-corrected chi connectivity index (χ3v) is 8.52. The average molecular weight is 513 g/mol. The van der Waals surface area contributed by atoms with Crippen LogP contribution in [0.4, 0.5) is 15.9 Å². The molecule has 1 amide bonds. The van der Waals surface area contributed by atoms with Gasteiger partial charge in [-0.05, 0) is 83.3 Å². The van der Waals surface area contributed by atoms with Gasteiger partial charge in [0.1, 0.15) is 28.5 Å². The number of nitrogens with one attached hydrogen (secondary N) is 2. The van der Waals surface area contributed by atoms with Gasteiger partial charge in [-0.3, -0.25) is 4.79 Å². The number of nitrogens with zero attached hydrogens (tertiary/aromatic N) is 3. The van der Waals surface area contributed by atoms with E-state index in [4.69, 9.17) is 10.5 Å². The van der Waals surface area contributed by atoms with Crippen LogP contribution in [0.5, 0.6) is 5.75 Å². The monoisotopic (exact) mass is 512 g/mol. The van der Waals surface area contributed by atoms with Crippen LogP contribution in [-0.2, 0) is 0 Å². The zero-order valence-corrected chi connectivity index (χ0v) is 21.5. The van der Waals surface area contributed by atoms with Crippen LogP contribution in [-0.4, -0.2) is 59.1 Å². The second-order valence-corrected chi connectivity index (χ2v) is 10.9. The molecule has 192 valence electrons. The fourth-order valence-corrected chi connectivity index (χ4v) is 6.26. The number of anilines is 2. The summed E-state index contributed by atoms with van der Waals surface area (Å²) >= 11 is 1.24. The number of hydrogen-bond acceptors (Lipinski definition) is 8. The van der Waals surface area contributed by atoms with Crippen LogP contribution in [0.15, 0.2) is 24.5 Å². The Kier molecular flexibility index (Phi) is 7.36. The number of halogens is 1. The van der Waals surface area contributed by atoms with Crippen molar-refractivity contribution in [1.29, 1.82) is 0 Å². The van der Waals surface area contributed by atoms with Gasteiger partial charge in [0, 0.05) is 18.2 Å². The number of fused-ring (bicyclic) bond motifs is 1. The Hall–Kier alpha value is -2.82. The Labute approximate surface area is 214 Å². The molecule has 36 heavy (non-hydrogen) atoms. The highest BCUT2D eigenvalue weighted by molar-refractivity contribution is 7.20. The first kappa shape index (κ1) is 24.9. The summed E-state index contributed by atoms with van der Waals surface area (Å²) in [6, 6.07) is 5.58. The lowest BCUT2D eigenvalue weighted by Crippen LogP contribution is -2.46. The largest absolute Gasteiger partial charge is 0.488 e. The highest BCUT2D eigenvalue weighted by atomic mass is 32.1. The van der Waals surface area contributed by atoms with Gasteiger partial charge in [-0.2, -0.15) is 0 Å². The standard InChI is InChI=1S/C26H33FN6O2S/c1-15-22-25(29-14-30-26(22)36-23(15)24(28)34)32-20-8-3-16(27)13-21(20)35-19-6-4-17(5-7-19)31-18-9-11-33(2)12-10-18/h3,8,13-14,17-19,31H,4-7,9-12H2,1-2H3,(H2,28,34)(H,29,30,32). The van der Waals surface area contributed by atoms with Crippen LogP contribution < -0.4 is 21.1 Å². The predicted octanol–water partition coefficient (Wildman–Crippen LogP) is 4.36. The molecule has 2 aromatic heterocycles. The summed E-state index contributed by atoms with van der Waals surface area (Å²) in [6.07, 6.45) is 7.80. The number of piperidine rings is 1. The van der Waals surface area contributed by atoms with E-state index in [0.717, 1.165) is 49.7 Å². The molecule has 4 N–H and O–H groups in total. The lowest BCUT2D eigenvalue weighted by Gasteiger charge is -2.35. The van der Waals surface area contributed by atoms with Gasteiger partial charge >= 0.3 is 0 Å². The van der Waals surface area contributed by atoms with Crippen molar-refractivity contribution >= 4 is 39.0 Å². The molecule has 1 saturated heterocycles. The van der Waals surface area contributed by atoms with Crippen molar-refractivity contribution in [3.05, 3.63) is 40.8 Å². The lowest BCUT2D eigenvalue weighted by atomic mass is 9.91. The van der Waals surface area contributed by atoms with E-state index in [2.05, 4.69) is 32.5 Å². The number of nitrogens with two attached hydrogens (primary N) is 1. The van der Waals surface area contributed by atoms with Gasteiger partial charge in [0.05, 0.1) is 22.1 Å². The van der Waals surface area contributed by atoms with Crippen LogP contribution in [0.3, 0.4) is 0 Å².